The third kappa shape index (κ3) is 5.21. The Hall–Kier alpha value is -5.44. The SMILES string of the molecule is CCc1cc(NC(=O)N2CCc3nc(-c4cccnc4)nc(-c4ccccc4C)c3C2)cc(-c2ccc3nonc3c2)c1. The summed E-state index contributed by atoms with van der Waals surface area (Å²) >= 11 is 0. The zero-order valence-electron chi connectivity index (χ0n) is 23.9. The molecule has 4 heterocycles. The molecule has 9 heteroatoms. The van der Waals surface area contributed by atoms with Crippen molar-refractivity contribution in [1.82, 2.24) is 30.2 Å². The van der Waals surface area contributed by atoms with Gasteiger partial charge >= 0.3 is 6.03 Å². The average Bonchev–Trinajstić information content (AvgIpc) is 3.53. The first-order valence-corrected chi connectivity index (χ1v) is 14.3. The third-order valence-electron chi connectivity index (χ3n) is 7.91. The van der Waals surface area contributed by atoms with Crippen molar-refractivity contribution < 1.29 is 9.42 Å². The number of anilines is 1. The number of aromatic nitrogens is 5. The van der Waals surface area contributed by atoms with E-state index in [1.54, 1.807) is 12.4 Å². The van der Waals surface area contributed by atoms with Crippen LogP contribution in [0.4, 0.5) is 10.5 Å². The van der Waals surface area contributed by atoms with Gasteiger partial charge in [-0.1, -0.05) is 43.3 Å². The molecule has 0 atom stereocenters. The Balaban J connectivity index is 1.20. The van der Waals surface area contributed by atoms with Crippen LogP contribution in [0.25, 0.3) is 44.8 Å². The van der Waals surface area contributed by atoms with E-state index < -0.39 is 0 Å². The molecule has 0 unspecified atom stereocenters. The number of hydrogen-bond donors (Lipinski definition) is 1. The van der Waals surface area contributed by atoms with E-state index in [1.165, 1.54) is 0 Å². The lowest BCUT2D eigenvalue weighted by Crippen LogP contribution is -2.39. The van der Waals surface area contributed by atoms with Crippen LogP contribution in [0, 0.1) is 6.92 Å². The van der Waals surface area contributed by atoms with Gasteiger partial charge in [-0.2, -0.15) is 0 Å². The van der Waals surface area contributed by atoms with Crippen LogP contribution >= 0.6 is 0 Å². The second kappa shape index (κ2) is 11.1. The molecule has 3 aromatic carbocycles. The standard InChI is InChI=1S/C34H29N7O2/c1-3-22-15-25(23-10-11-30-31(18-23)40-43-39-30)17-26(16-22)36-34(42)41-14-12-29-28(20-41)32(27-9-5-4-7-21(27)2)38-33(37-29)24-8-6-13-35-19-24/h4-11,13,15-19H,3,12,14,20H2,1-2H3,(H,36,42). The highest BCUT2D eigenvalue weighted by Gasteiger charge is 2.27. The number of benzene rings is 3. The highest BCUT2D eigenvalue weighted by Crippen LogP contribution is 2.33. The Labute approximate surface area is 248 Å². The van der Waals surface area contributed by atoms with Gasteiger partial charge in [0.2, 0.25) is 0 Å². The molecule has 212 valence electrons. The van der Waals surface area contributed by atoms with Crippen molar-refractivity contribution >= 4 is 22.8 Å². The van der Waals surface area contributed by atoms with E-state index in [0.717, 1.165) is 62.4 Å². The molecule has 1 aliphatic rings. The van der Waals surface area contributed by atoms with Gasteiger partial charge in [0.15, 0.2) is 5.82 Å². The fraction of sp³-hybridized carbons (Fsp3) is 0.176. The van der Waals surface area contributed by atoms with Crippen LogP contribution in [0.3, 0.4) is 0 Å². The lowest BCUT2D eigenvalue weighted by Gasteiger charge is -2.30. The summed E-state index contributed by atoms with van der Waals surface area (Å²) in [6.07, 6.45) is 4.99. The Kier molecular flexibility index (Phi) is 6.82. The number of aryl methyl sites for hydroxylation is 2. The molecule has 3 aromatic heterocycles. The van der Waals surface area contributed by atoms with Crippen LogP contribution in [0.15, 0.2) is 89.8 Å². The van der Waals surface area contributed by atoms with Crippen LogP contribution < -0.4 is 5.32 Å². The highest BCUT2D eigenvalue weighted by molar-refractivity contribution is 5.91. The molecule has 0 aliphatic carbocycles. The number of carbonyl (C=O) groups excluding carboxylic acids is 1. The van der Waals surface area contributed by atoms with E-state index in [0.29, 0.717) is 36.4 Å². The summed E-state index contributed by atoms with van der Waals surface area (Å²) in [4.78, 5) is 29.8. The number of rotatable bonds is 5. The van der Waals surface area contributed by atoms with E-state index in [4.69, 9.17) is 14.6 Å². The van der Waals surface area contributed by atoms with Crippen molar-refractivity contribution in [2.75, 3.05) is 11.9 Å². The number of carbonyl (C=O) groups is 1. The molecule has 6 aromatic rings. The molecular formula is C34H29N7O2. The van der Waals surface area contributed by atoms with Crippen LogP contribution in [-0.4, -0.2) is 42.7 Å². The van der Waals surface area contributed by atoms with Crippen molar-refractivity contribution in [3.63, 3.8) is 0 Å². The number of fused-ring (bicyclic) bond motifs is 2. The minimum atomic E-state index is -0.159. The van der Waals surface area contributed by atoms with Gasteiger partial charge in [0.1, 0.15) is 11.0 Å². The van der Waals surface area contributed by atoms with E-state index >= 15 is 0 Å². The topological polar surface area (TPSA) is 110 Å². The maximum Gasteiger partial charge on any atom is 0.322 e. The molecule has 0 saturated heterocycles. The van der Waals surface area contributed by atoms with Gasteiger partial charge in [-0.3, -0.25) is 4.98 Å². The number of hydrogen-bond acceptors (Lipinski definition) is 7. The maximum absolute atomic E-state index is 13.7. The summed E-state index contributed by atoms with van der Waals surface area (Å²) in [5, 5.41) is 11.0. The van der Waals surface area contributed by atoms with Crippen molar-refractivity contribution in [3.8, 4) is 33.8 Å². The Morgan fingerprint density at radius 2 is 1.81 bits per heavy atom. The minimum absolute atomic E-state index is 0.159. The number of nitrogens with one attached hydrogen (secondary N) is 1. The van der Waals surface area contributed by atoms with Crippen molar-refractivity contribution in [3.05, 3.63) is 108 Å². The van der Waals surface area contributed by atoms with Gasteiger partial charge in [0.25, 0.3) is 0 Å². The molecule has 1 aliphatic heterocycles. The van der Waals surface area contributed by atoms with E-state index in [1.807, 2.05) is 59.5 Å². The number of amides is 2. The van der Waals surface area contributed by atoms with Crippen molar-refractivity contribution in [2.45, 2.75) is 33.2 Å². The fourth-order valence-corrected chi connectivity index (χ4v) is 5.57. The molecule has 9 nitrogen and oxygen atoms in total. The molecule has 0 spiro atoms. The van der Waals surface area contributed by atoms with Crippen molar-refractivity contribution in [1.29, 1.82) is 0 Å². The first-order valence-electron chi connectivity index (χ1n) is 14.3. The molecule has 2 amide bonds. The molecular weight excluding hydrogens is 538 g/mol. The average molecular weight is 568 g/mol. The lowest BCUT2D eigenvalue weighted by molar-refractivity contribution is 0.206. The normalized spacial score (nSPS) is 12.7. The summed E-state index contributed by atoms with van der Waals surface area (Å²) < 4.78 is 4.87. The summed E-state index contributed by atoms with van der Waals surface area (Å²) in [5.74, 6) is 0.645. The summed E-state index contributed by atoms with van der Waals surface area (Å²) in [7, 11) is 0. The lowest BCUT2D eigenvalue weighted by atomic mass is 9.96. The molecule has 43 heavy (non-hydrogen) atoms. The molecule has 7 rings (SSSR count). The molecule has 0 radical (unpaired) electrons. The van der Waals surface area contributed by atoms with Crippen molar-refractivity contribution in [2.24, 2.45) is 0 Å². The smallest absolute Gasteiger partial charge is 0.320 e. The third-order valence-corrected chi connectivity index (χ3v) is 7.91. The van der Waals surface area contributed by atoms with Gasteiger partial charge < -0.3 is 10.2 Å². The maximum atomic E-state index is 13.7. The van der Waals surface area contributed by atoms with Gasteiger partial charge in [-0.25, -0.2) is 19.4 Å². The predicted molar refractivity (Wildman–Crippen MR) is 165 cm³/mol. The second-order valence-corrected chi connectivity index (χ2v) is 10.7. The Morgan fingerprint density at radius 1 is 0.930 bits per heavy atom. The van der Waals surface area contributed by atoms with Gasteiger partial charge in [0, 0.05) is 47.7 Å². The first kappa shape index (κ1) is 26.5. The Morgan fingerprint density at radius 3 is 2.65 bits per heavy atom. The summed E-state index contributed by atoms with van der Waals surface area (Å²) in [5.41, 5.74) is 11.0. The molecule has 0 bridgehead atoms. The van der Waals surface area contributed by atoms with Crippen LogP contribution in [0.5, 0.6) is 0 Å². The quantitative estimate of drug-likeness (QED) is 0.242. The monoisotopic (exact) mass is 567 g/mol. The largest absolute Gasteiger partial charge is 0.322 e. The zero-order chi connectivity index (χ0) is 29.3. The predicted octanol–water partition coefficient (Wildman–Crippen LogP) is 6.87. The molecule has 0 saturated carbocycles. The molecule has 1 N–H and O–H groups in total. The van der Waals surface area contributed by atoms with Gasteiger partial charge in [-0.05, 0) is 82.3 Å². The van der Waals surface area contributed by atoms with E-state index in [2.05, 4.69) is 52.7 Å². The van der Waals surface area contributed by atoms with Crippen LogP contribution in [0.2, 0.25) is 0 Å². The number of nitrogens with zero attached hydrogens (tertiary/aromatic N) is 6. The summed E-state index contributed by atoms with van der Waals surface area (Å²) in [6.45, 7) is 5.14. The van der Waals surface area contributed by atoms with Gasteiger partial charge in [0.05, 0.1) is 17.9 Å². The van der Waals surface area contributed by atoms with E-state index in [9.17, 15) is 4.79 Å². The second-order valence-electron chi connectivity index (χ2n) is 10.7. The highest BCUT2D eigenvalue weighted by atomic mass is 16.6. The number of pyridine rings is 1. The summed E-state index contributed by atoms with van der Waals surface area (Å²) in [6, 6.07) is 23.9. The minimum Gasteiger partial charge on any atom is -0.320 e. The Bertz CT molecular complexity index is 1970. The van der Waals surface area contributed by atoms with E-state index in [-0.39, 0.29) is 6.03 Å². The van der Waals surface area contributed by atoms with Gasteiger partial charge in [-0.15, -0.1) is 0 Å². The fourth-order valence-electron chi connectivity index (χ4n) is 5.57. The van der Waals surface area contributed by atoms with Crippen LogP contribution in [-0.2, 0) is 19.4 Å². The number of urea groups is 1. The van der Waals surface area contributed by atoms with Crippen LogP contribution in [0.1, 0.15) is 29.3 Å². The molecule has 0 fully saturated rings. The first-order chi connectivity index (χ1) is 21.1. The zero-order valence-corrected chi connectivity index (χ0v) is 23.9.